The van der Waals surface area contributed by atoms with E-state index in [0.717, 1.165) is 37.1 Å². The molecule has 1 aliphatic rings. The lowest BCUT2D eigenvalue weighted by Crippen LogP contribution is -2.39. The number of hydrogen-bond acceptors (Lipinski definition) is 3. The molecule has 1 aliphatic heterocycles. The lowest BCUT2D eigenvalue weighted by atomic mass is 10.1. The monoisotopic (exact) mass is 262 g/mol. The van der Waals surface area contributed by atoms with Gasteiger partial charge in [0, 0.05) is 0 Å². The van der Waals surface area contributed by atoms with Gasteiger partial charge in [0.25, 0.3) is 0 Å². The SMILES string of the molecule is COc1ccc(C)cc1NC(=O)C1CCCCCN1. The highest BCUT2D eigenvalue weighted by atomic mass is 16.5. The minimum atomic E-state index is -0.0901. The molecule has 104 valence electrons. The van der Waals surface area contributed by atoms with Crippen LogP contribution in [0.4, 0.5) is 5.69 Å². The molecule has 4 nitrogen and oxygen atoms in total. The molecule has 0 spiro atoms. The van der Waals surface area contributed by atoms with Crippen molar-refractivity contribution in [1.29, 1.82) is 0 Å². The number of rotatable bonds is 3. The average Bonchev–Trinajstić information content (AvgIpc) is 2.68. The predicted molar refractivity (Wildman–Crippen MR) is 76.6 cm³/mol. The smallest absolute Gasteiger partial charge is 0.241 e. The number of methoxy groups -OCH3 is 1. The molecule has 1 amide bonds. The van der Waals surface area contributed by atoms with Crippen LogP contribution >= 0.6 is 0 Å². The molecule has 0 bridgehead atoms. The standard InChI is InChI=1S/C15H22N2O2/c1-11-7-8-14(19-2)13(10-11)17-15(18)12-6-4-3-5-9-16-12/h7-8,10,12,16H,3-6,9H2,1-2H3,(H,17,18). The summed E-state index contributed by atoms with van der Waals surface area (Å²) in [5.41, 5.74) is 1.85. The van der Waals surface area contributed by atoms with Crippen molar-refractivity contribution >= 4 is 11.6 Å². The van der Waals surface area contributed by atoms with Crippen LogP contribution in [0.25, 0.3) is 0 Å². The normalized spacial score (nSPS) is 19.6. The van der Waals surface area contributed by atoms with Crippen molar-refractivity contribution in [2.45, 2.75) is 38.6 Å². The summed E-state index contributed by atoms with van der Waals surface area (Å²) in [6, 6.07) is 5.70. The van der Waals surface area contributed by atoms with Gasteiger partial charge in [0.15, 0.2) is 0 Å². The van der Waals surface area contributed by atoms with Gasteiger partial charge in [0.05, 0.1) is 18.8 Å². The van der Waals surface area contributed by atoms with E-state index in [2.05, 4.69) is 10.6 Å². The van der Waals surface area contributed by atoms with E-state index in [1.807, 2.05) is 25.1 Å². The van der Waals surface area contributed by atoms with Crippen LogP contribution in [-0.4, -0.2) is 25.6 Å². The van der Waals surface area contributed by atoms with Crippen LogP contribution in [0.1, 0.15) is 31.2 Å². The van der Waals surface area contributed by atoms with E-state index in [1.165, 1.54) is 6.42 Å². The maximum atomic E-state index is 12.3. The van der Waals surface area contributed by atoms with E-state index in [0.29, 0.717) is 5.75 Å². The van der Waals surface area contributed by atoms with Gasteiger partial charge in [-0.2, -0.15) is 0 Å². The Bertz CT molecular complexity index is 438. The van der Waals surface area contributed by atoms with E-state index in [9.17, 15) is 4.79 Å². The minimum Gasteiger partial charge on any atom is -0.495 e. The molecule has 2 N–H and O–H groups in total. The first kappa shape index (κ1) is 13.9. The van der Waals surface area contributed by atoms with Gasteiger partial charge >= 0.3 is 0 Å². The Hall–Kier alpha value is -1.55. The highest BCUT2D eigenvalue weighted by Crippen LogP contribution is 2.25. The highest BCUT2D eigenvalue weighted by Gasteiger charge is 2.20. The Morgan fingerprint density at radius 3 is 3.00 bits per heavy atom. The van der Waals surface area contributed by atoms with E-state index in [-0.39, 0.29) is 11.9 Å². The second-order valence-corrected chi connectivity index (χ2v) is 5.05. The number of nitrogens with one attached hydrogen (secondary N) is 2. The van der Waals surface area contributed by atoms with Gasteiger partial charge in [-0.25, -0.2) is 0 Å². The molecule has 0 saturated carbocycles. The van der Waals surface area contributed by atoms with Crippen molar-refractivity contribution in [2.75, 3.05) is 19.0 Å². The zero-order valence-electron chi connectivity index (χ0n) is 11.7. The van der Waals surface area contributed by atoms with Crippen LogP contribution in [-0.2, 0) is 4.79 Å². The largest absolute Gasteiger partial charge is 0.495 e. The molecule has 1 atom stereocenters. The first-order valence-corrected chi connectivity index (χ1v) is 6.89. The Kier molecular flexibility index (Phi) is 4.80. The van der Waals surface area contributed by atoms with Crippen LogP contribution in [0.3, 0.4) is 0 Å². The maximum Gasteiger partial charge on any atom is 0.241 e. The second-order valence-electron chi connectivity index (χ2n) is 5.05. The molecular weight excluding hydrogens is 240 g/mol. The molecule has 1 aromatic carbocycles. The number of carbonyl (C=O) groups is 1. The van der Waals surface area contributed by atoms with Crippen LogP contribution < -0.4 is 15.4 Å². The summed E-state index contributed by atoms with van der Waals surface area (Å²) in [5.74, 6) is 0.735. The molecule has 1 saturated heterocycles. The van der Waals surface area contributed by atoms with Crippen molar-refractivity contribution in [2.24, 2.45) is 0 Å². The Labute approximate surface area is 114 Å². The number of benzene rings is 1. The van der Waals surface area contributed by atoms with Crippen molar-refractivity contribution < 1.29 is 9.53 Å². The van der Waals surface area contributed by atoms with Crippen molar-refractivity contribution in [3.8, 4) is 5.75 Å². The fourth-order valence-corrected chi connectivity index (χ4v) is 2.39. The first-order valence-electron chi connectivity index (χ1n) is 6.89. The number of amides is 1. The third-order valence-corrected chi connectivity index (χ3v) is 3.49. The van der Waals surface area contributed by atoms with Gasteiger partial charge < -0.3 is 15.4 Å². The third kappa shape index (κ3) is 3.70. The van der Waals surface area contributed by atoms with E-state index < -0.39 is 0 Å². The van der Waals surface area contributed by atoms with E-state index in [1.54, 1.807) is 7.11 Å². The van der Waals surface area contributed by atoms with Gasteiger partial charge in [0.1, 0.15) is 5.75 Å². The predicted octanol–water partition coefficient (Wildman–Crippen LogP) is 2.47. The summed E-state index contributed by atoms with van der Waals surface area (Å²) in [6.45, 7) is 2.92. The van der Waals surface area contributed by atoms with Gasteiger partial charge in [-0.15, -0.1) is 0 Å². The van der Waals surface area contributed by atoms with Gasteiger partial charge in [-0.3, -0.25) is 4.79 Å². The van der Waals surface area contributed by atoms with Crippen LogP contribution in [0.15, 0.2) is 18.2 Å². The maximum absolute atomic E-state index is 12.3. The van der Waals surface area contributed by atoms with Crippen molar-refractivity contribution in [3.63, 3.8) is 0 Å². The molecule has 0 aromatic heterocycles. The number of carbonyl (C=O) groups excluding carboxylic acids is 1. The molecular formula is C15H22N2O2. The molecule has 2 rings (SSSR count). The van der Waals surface area contributed by atoms with Gasteiger partial charge in [-0.05, 0) is 44.0 Å². The van der Waals surface area contributed by atoms with E-state index >= 15 is 0 Å². The molecule has 0 aliphatic carbocycles. The van der Waals surface area contributed by atoms with Crippen molar-refractivity contribution in [1.82, 2.24) is 5.32 Å². The topological polar surface area (TPSA) is 50.4 Å². The fourth-order valence-electron chi connectivity index (χ4n) is 2.39. The van der Waals surface area contributed by atoms with Crippen LogP contribution in [0, 0.1) is 6.92 Å². The quantitative estimate of drug-likeness (QED) is 0.880. The summed E-state index contributed by atoms with van der Waals surface area (Å²) in [7, 11) is 1.62. The first-order chi connectivity index (χ1) is 9.20. The highest BCUT2D eigenvalue weighted by molar-refractivity contribution is 5.96. The number of hydrogen-bond donors (Lipinski definition) is 2. The zero-order valence-corrected chi connectivity index (χ0v) is 11.7. The summed E-state index contributed by atoms with van der Waals surface area (Å²) < 4.78 is 5.28. The molecule has 1 fully saturated rings. The van der Waals surface area contributed by atoms with E-state index in [4.69, 9.17) is 4.74 Å². The molecule has 0 radical (unpaired) electrons. The molecule has 4 heteroatoms. The Morgan fingerprint density at radius 2 is 2.21 bits per heavy atom. The molecule has 19 heavy (non-hydrogen) atoms. The zero-order chi connectivity index (χ0) is 13.7. The average molecular weight is 262 g/mol. The second kappa shape index (κ2) is 6.57. The summed E-state index contributed by atoms with van der Waals surface area (Å²) in [5, 5.41) is 6.27. The third-order valence-electron chi connectivity index (χ3n) is 3.49. The number of anilines is 1. The van der Waals surface area contributed by atoms with Crippen molar-refractivity contribution in [3.05, 3.63) is 23.8 Å². The lowest BCUT2D eigenvalue weighted by Gasteiger charge is -2.17. The number of aryl methyl sites for hydroxylation is 1. The molecule has 1 heterocycles. The Balaban J connectivity index is 2.07. The minimum absolute atomic E-state index is 0.0331. The number of ether oxygens (including phenoxy) is 1. The molecule has 1 unspecified atom stereocenters. The summed E-state index contributed by atoms with van der Waals surface area (Å²) in [4.78, 5) is 12.3. The molecule has 1 aromatic rings. The van der Waals surface area contributed by atoms with Gasteiger partial charge in [-0.1, -0.05) is 18.9 Å². The fraction of sp³-hybridized carbons (Fsp3) is 0.533. The van der Waals surface area contributed by atoms with Crippen LogP contribution in [0.5, 0.6) is 5.75 Å². The summed E-state index contributed by atoms with van der Waals surface area (Å²) >= 11 is 0. The summed E-state index contributed by atoms with van der Waals surface area (Å²) in [6.07, 6.45) is 4.36. The Morgan fingerprint density at radius 1 is 1.37 bits per heavy atom. The van der Waals surface area contributed by atoms with Gasteiger partial charge in [0.2, 0.25) is 5.91 Å². The van der Waals surface area contributed by atoms with Crippen LogP contribution in [0.2, 0.25) is 0 Å². The lowest BCUT2D eigenvalue weighted by molar-refractivity contribution is -0.118.